The number of hydrogen-bond acceptors (Lipinski definition) is 2. The van der Waals surface area contributed by atoms with Crippen molar-refractivity contribution in [2.75, 3.05) is 20.6 Å². The topological polar surface area (TPSA) is 23.5 Å². The minimum absolute atomic E-state index is 0.0327. The number of benzene rings is 1. The Morgan fingerprint density at radius 1 is 1.20 bits per heavy atom. The highest BCUT2D eigenvalue weighted by Crippen LogP contribution is 2.32. The lowest BCUT2D eigenvalue weighted by atomic mass is 10.1. The first-order chi connectivity index (χ1) is 7.00. The molecule has 1 aromatic carbocycles. The van der Waals surface area contributed by atoms with E-state index in [1.165, 1.54) is 0 Å². The minimum Gasteiger partial charge on any atom is -0.505 e. The quantitative estimate of drug-likeness (QED) is 0.884. The summed E-state index contributed by atoms with van der Waals surface area (Å²) < 4.78 is 0. The number of phenolic OH excluding ortho intramolecular Hbond substituents is 1. The summed E-state index contributed by atoms with van der Waals surface area (Å²) in [7, 11) is 4.08. The largest absolute Gasteiger partial charge is 0.505 e. The third kappa shape index (κ3) is 3.90. The average Bonchev–Trinajstić information content (AvgIpc) is 2.13. The lowest BCUT2D eigenvalue weighted by Gasteiger charge is -2.09. The van der Waals surface area contributed by atoms with Gasteiger partial charge in [0.15, 0.2) is 5.75 Å². The number of rotatable bonds is 4. The first-order valence-electron chi connectivity index (χ1n) is 4.82. The molecule has 4 heteroatoms. The Balaban J connectivity index is 2.63. The van der Waals surface area contributed by atoms with E-state index in [9.17, 15) is 5.11 Å². The lowest BCUT2D eigenvalue weighted by Crippen LogP contribution is -2.13. The van der Waals surface area contributed by atoms with E-state index in [1.807, 2.05) is 14.1 Å². The van der Waals surface area contributed by atoms with Crippen molar-refractivity contribution in [3.63, 3.8) is 0 Å². The highest BCUT2D eigenvalue weighted by atomic mass is 35.5. The van der Waals surface area contributed by atoms with E-state index in [2.05, 4.69) is 4.90 Å². The number of hydrogen-bond donors (Lipinski definition) is 1. The first-order valence-corrected chi connectivity index (χ1v) is 5.58. The molecular weight excluding hydrogens is 233 g/mol. The summed E-state index contributed by atoms with van der Waals surface area (Å²) in [4.78, 5) is 2.13. The Hall–Kier alpha value is -0.440. The van der Waals surface area contributed by atoms with Crippen LogP contribution in [0.1, 0.15) is 12.0 Å². The fourth-order valence-corrected chi connectivity index (χ4v) is 1.89. The average molecular weight is 248 g/mol. The van der Waals surface area contributed by atoms with Crippen LogP contribution in [-0.4, -0.2) is 30.6 Å². The molecule has 15 heavy (non-hydrogen) atoms. The molecule has 0 unspecified atom stereocenters. The molecular formula is C11H15Cl2NO. The van der Waals surface area contributed by atoms with E-state index in [-0.39, 0.29) is 5.75 Å². The highest BCUT2D eigenvalue weighted by Gasteiger charge is 2.06. The van der Waals surface area contributed by atoms with Crippen molar-refractivity contribution in [1.29, 1.82) is 0 Å². The molecule has 0 amide bonds. The molecule has 1 aromatic rings. The van der Waals surface area contributed by atoms with Crippen LogP contribution < -0.4 is 0 Å². The molecule has 0 saturated carbocycles. The molecule has 0 atom stereocenters. The molecule has 0 saturated heterocycles. The molecule has 0 radical (unpaired) electrons. The van der Waals surface area contributed by atoms with Crippen LogP contribution in [0.4, 0.5) is 0 Å². The van der Waals surface area contributed by atoms with Gasteiger partial charge in [0.05, 0.1) is 10.0 Å². The van der Waals surface area contributed by atoms with Gasteiger partial charge in [-0.1, -0.05) is 23.2 Å². The van der Waals surface area contributed by atoms with E-state index in [4.69, 9.17) is 23.2 Å². The molecule has 0 aliphatic carbocycles. The van der Waals surface area contributed by atoms with Crippen LogP contribution in [0.25, 0.3) is 0 Å². The number of phenols is 1. The Kier molecular flexibility index (Phi) is 4.71. The van der Waals surface area contributed by atoms with Crippen molar-refractivity contribution < 1.29 is 5.11 Å². The second kappa shape index (κ2) is 5.59. The van der Waals surface area contributed by atoms with Crippen molar-refractivity contribution >= 4 is 23.2 Å². The molecule has 0 aliphatic heterocycles. The number of aromatic hydroxyl groups is 1. The van der Waals surface area contributed by atoms with Gasteiger partial charge in [-0.25, -0.2) is 0 Å². The molecule has 2 nitrogen and oxygen atoms in total. The molecule has 0 heterocycles. The maximum absolute atomic E-state index is 9.37. The summed E-state index contributed by atoms with van der Waals surface area (Å²) in [5.41, 5.74) is 1.06. The molecule has 1 rings (SSSR count). The zero-order chi connectivity index (χ0) is 11.4. The van der Waals surface area contributed by atoms with Crippen LogP contribution in [0.5, 0.6) is 5.75 Å². The second-order valence-corrected chi connectivity index (χ2v) is 4.63. The Bertz CT molecular complexity index is 316. The normalized spacial score (nSPS) is 11.0. The molecule has 0 bridgehead atoms. The van der Waals surface area contributed by atoms with Crippen LogP contribution in [0.2, 0.25) is 10.0 Å². The van der Waals surface area contributed by atoms with E-state index in [1.54, 1.807) is 12.1 Å². The van der Waals surface area contributed by atoms with Gasteiger partial charge in [-0.05, 0) is 51.2 Å². The van der Waals surface area contributed by atoms with Gasteiger partial charge >= 0.3 is 0 Å². The Labute approximate surface area is 100 Å². The maximum atomic E-state index is 9.37. The SMILES string of the molecule is CN(C)CCCc1cc(Cl)c(O)c(Cl)c1. The fraction of sp³-hybridized carbons (Fsp3) is 0.455. The van der Waals surface area contributed by atoms with Crippen molar-refractivity contribution in [2.45, 2.75) is 12.8 Å². The smallest absolute Gasteiger partial charge is 0.152 e. The van der Waals surface area contributed by atoms with E-state index < -0.39 is 0 Å². The summed E-state index contributed by atoms with van der Waals surface area (Å²) in [6, 6.07) is 3.52. The molecule has 0 aliphatic rings. The van der Waals surface area contributed by atoms with Crippen molar-refractivity contribution in [3.8, 4) is 5.75 Å². The van der Waals surface area contributed by atoms with Crippen LogP contribution in [0, 0.1) is 0 Å². The van der Waals surface area contributed by atoms with Crippen molar-refractivity contribution in [3.05, 3.63) is 27.7 Å². The Morgan fingerprint density at radius 3 is 2.20 bits per heavy atom. The summed E-state index contributed by atoms with van der Waals surface area (Å²) >= 11 is 11.6. The predicted molar refractivity (Wildman–Crippen MR) is 65.0 cm³/mol. The van der Waals surface area contributed by atoms with Gasteiger partial charge in [-0.3, -0.25) is 0 Å². The zero-order valence-corrected chi connectivity index (χ0v) is 10.4. The zero-order valence-electron chi connectivity index (χ0n) is 8.93. The van der Waals surface area contributed by atoms with E-state index in [0.717, 1.165) is 24.9 Å². The van der Waals surface area contributed by atoms with Crippen LogP contribution in [0.3, 0.4) is 0 Å². The second-order valence-electron chi connectivity index (χ2n) is 3.81. The molecule has 0 fully saturated rings. The maximum Gasteiger partial charge on any atom is 0.152 e. The lowest BCUT2D eigenvalue weighted by molar-refractivity contribution is 0.400. The third-order valence-electron chi connectivity index (χ3n) is 2.15. The predicted octanol–water partition coefficient (Wildman–Crippen LogP) is 3.19. The molecule has 1 N–H and O–H groups in total. The van der Waals surface area contributed by atoms with Gasteiger partial charge in [0.2, 0.25) is 0 Å². The number of aryl methyl sites for hydroxylation is 1. The van der Waals surface area contributed by atoms with Gasteiger partial charge in [-0.2, -0.15) is 0 Å². The van der Waals surface area contributed by atoms with Crippen molar-refractivity contribution in [1.82, 2.24) is 4.90 Å². The fourth-order valence-electron chi connectivity index (χ4n) is 1.36. The Morgan fingerprint density at radius 2 is 1.73 bits per heavy atom. The van der Waals surface area contributed by atoms with Crippen molar-refractivity contribution in [2.24, 2.45) is 0 Å². The van der Waals surface area contributed by atoms with E-state index in [0.29, 0.717) is 10.0 Å². The number of halogens is 2. The van der Waals surface area contributed by atoms with E-state index >= 15 is 0 Å². The molecule has 84 valence electrons. The molecule has 0 spiro atoms. The number of nitrogens with zero attached hydrogens (tertiary/aromatic N) is 1. The summed E-state index contributed by atoms with van der Waals surface area (Å²) in [5.74, 6) is -0.0327. The van der Waals surface area contributed by atoms with Gasteiger partial charge < -0.3 is 10.0 Å². The first kappa shape index (κ1) is 12.6. The summed E-state index contributed by atoms with van der Waals surface area (Å²) in [5, 5.41) is 10.0. The van der Waals surface area contributed by atoms with Crippen LogP contribution >= 0.6 is 23.2 Å². The van der Waals surface area contributed by atoms with Crippen LogP contribution in [0.15, 0.2) is 12.1 Å². The summed E-state index contributed by atoms with van der Waals surface area (Å²) in [6.45, 7) is 1.02. The highest BCUT2D eigenvalue weighted by molar-refractivity contribution is 6.37. The summed E-state index contributed by atoms with van der Waals surface area (Å²) in [6.07, 6.45) is 1.96. The standard InChI is InChI=1S/C11H15Cl2NO/c1-14(2)5-3-4-8-6-9(12)11(15)10(13)7-8/h6-7,15H,3-5H2,1-2H3. The van der Waals surface area contributed by atoms with Gasteiger partial charge in [0.1, 0.15) is 0 Å². The third-order valence-corrected chi connectivity index (χ3v) is 2.72. The molecule has 0 aromatic heterocycles. The minimum atomic E-state index is -0.0327. The monoisotopic (exact) mass is 247 g/mol. The van der Waals surface area contributed by atoms with Crippen LogP contribution in [-0.2, 0) is 6.42 Å². The van der Waals surface area contributed by atoms with Gasteiger partial charge in [0.25, 0.3) is 0 Å². The van der Waals surface area contributed by atoms with Gasteiger partial charge in [-0.15, -0.1) is 0 Å². The van der Waals surface area contributed by atoms with Gasteiger partial charge in [0, 0.05) is 0 Å².